The van der Waals surface area contributed by atoms with Crippen LogP contribution in [0.25, 0.3) is 0 Å². The Balaban J connectivity index is 2.53. The molecule has 1 aromatic carbocycles. The molecular formula is C20H26O. The third-order valence-corrected chi connectivity index (χ3v) is 3.86. The van der Waals surface area contributed by atoms with Gasteiger partial charge in [-0.1, -0.05) is 48.1 Å². The zero-order valence-electron chi connectivity index (χ0n) is 13.9. The first-order valence-electron chi connectivity index (χ1n) is 7.48. The highest BCUT2D eigenvalue weighted by Gasteiger charge is 2.02. The van der Waals surface area contributed by atoms with E-state index in [4.69, 9.17) is 0 Å². The zero-order valence-corrected chi connectivity index (χ0v) is 13.9. The number of allylic oxidation sites excluding steroid dienone is 6. The van der Waals surface area contributed by atoms with E-state index in [1.54, 1.807) is 0 Å². The minimum atomic E-state index is 0.253. The van der Waals surface area contributed by atoms with E-state index in [0.29, 0.717) is 12.8 Å². The first-order valence-corrected chi connectivity index (χ1v) is 7.48. The number of carbonyl (C=O) groups is 1. The first kappa shape index (κ1) is 17.2. The van der Waals surface area contributed by atoms with Gasteiger partial charge in [0.1, 0.15) is 5.78 Å². The van der Waals surface area contributed by atoms with Gasteiger partial charge in [0.2, 0.25) is 0 Å². The number of hydrogen-bond acceptors (Lipinski definition) is 1. The van der Waals surface area contributed by atoms with Gasteiger partial charge in [0.15, 0.2) is 0 Å². The van der Waals surface area contributed by atoms with E-state index >= 15 is 0 Å². The maximum atomic E-state index is 12.0. The van der Waals surface area contributed by atoms with Crippen LogP contribution in [0.5, 0.6) is 0 Å². The molecule has 1 heteroatoms. The van der Waals surface area contributed by atoms with Crippen molar-refractivity contribution in [3.8, 4) is 0 Å². The number of carbonyl (C=O) groups excluding carboxylic acids is 1. The summed E-state index contributed by atoms with van der Waals surface area (Å²) >= 11 is 0. The zero-order chi connectivity index (χ0) is 15.8. The number of ketones is 1. The van der Waals surface area contributed by atoms with Gasteiger partial charge < -0.3 is 0 Å². The molecule has 0 heterocycles. The van der Waals surface area contributed by atoms with Gasteiger partial charge in [-0.15, -0.1) is 0 Å². The molecule has 0 aromatic heterocycles. The fraction of sp³-hybridized carbons (Fsp3) is 0.350. The second-order valence-corrected chi connectivity index (χ2v) is 5.59. The molecule has 0 N–H and O–H groups in total. The average molecular weight is 282 g/mol. The summed E-state index contributed by atoms with van der Waals surface area (Å²) in [5, 5.41) is 0. The van der Waals surface area contributed by atoms with Crippen molar-refractivity contribution in [1.82, 2.24) is 0 Å². The van der Waals surface area contributed by atoms with Crippen molar-refractivity contribution >= 4 is 5.78 Å². The molecule has 0 saturated carbocycles. The fourth-order valence-corrected chi connectivity index (χ4v) is 1.98. The average Bonchev–Trinajstić information content (AvgIpc) is 2.46. The molecule has 0 fully saturated rings. The Hall–Kier alpha value is -1.89. The van der Waals surface area contributed by atoms with E-state index < -0.39 is 0 Å². The molecule has 0 aliphatic heterocycles. The maximum absolute atomic E-state index is 12.0. The van der Waals surface area contributed by atoms with Crippen molar-refractivity contribution in [3.05, 3.63) is 70.3 Å². The van der Waals surface area contributed by atoms with E-state index in [2.05, 4.69) is 52.0 Å². The molecular weight excluding hydrogens is 256 g/mol. The standard InChI is InChI=1S/C20H26O/c1-6-15(2)16(3)9-7-8-10-20(21)14-19-12-11-17(4)18(5)13-19/h6-9,11-13H,10,14H2,1-5H3/b8-7-,15-6-,16-9-. The van der Waals surface area contributed by atoms with E-state index in [9.17, 15) is 4.79 Å². The molecule has 0 amide bonds. The van der Waals surface area contributed by atoms with Gasteiger partial charge in [-0.05, 0) is 56.9 Å². The van der Waals surface area contributed by atoms with Crippen molar-refractivity contribution in [2.75, 3.05) is 0 Å². The third kappa shape index (κ3) is 5.95. The van der Waals surface area contributed by atoms with Gasteiger partial charge in [0.25, 0.3) is 0 Å². The highest BCUT2D eigenvalue weighted by molar-refractivity contribution is 5.82. The smallest absolute Gasteiger partial charge is 0.141 e. The Morgan fingerprint density at radius 3 is 2.43 bits per heavy atom. The SMILES string of the molecule is C\C=C(C)/C(C)=C\C=C/CC(=O)Cc1ccc(C)c(C)c1. The Labute approximate surface area is 129 Å². The number of hydrogen-bond donors (Lipinski definition) is 0. The second kappa shape index (κ2) is 8.41. The summed E-state index contributed by atoms with van der Waals surface area (Å²) in [6, 6.07) is 6.24. The molecule has 0 bridgehead atoms. The molecule has 1 rings (SSSR count). The Morgan fingerprint density at radius 1 is 1.10 bits per heavy atom. The fourth-order valence-electron chi connectivity index (χ4n) is 1.98. The van der Waals surface area contributed by atoms with Gasteiger partial charge in [-0.3, -0.25) is 4.79 Å². The lowest BCUT2D eigenvalue weighted by molar-refractivity contribution is -0.117. The van der Waals surface area contributed by atoms with Crippen molar-refractivity contribution in [2.24, 2.45) is 0 Å². The summed E-state index contributed by atoms with van der Waals surface area (Å²) in [6.45, 7) is 10.4. The molecule has 112 valence electrons. The molecule has 1 nitrogen and oxygen atoms in total. The van der Waals surface area contributed by atoms with Crippen LogP contribution in [0.4, 0.5) is 0 Å². The van der Waals surface area contributed by atoms with Crippen molar-refractivity contribution in [3.63, 3.8) is 0 Å². The van der Waals surface area contributed by atoms with Gasteiger partial charge in [-0.25, -0.2) is 0 Å². The van der Waals surface area contributed by atoms with Gasteiger partial charge in [0, 0.05) is 12.8 Å². The predicted octanol–water partition coefficient (Wildman–Crippen LogP) is 5.27. The lowest BCUT2D eigenvalue weighted by atomic mass is 10.0. The van der Waals surface area contributed by atoms with Crippen LogP contribution in [0.15, 0.2) is 53.6 Å². The lowest BCUT2D eigenvalue weighted by Gasteiger charge is -2.03. The second-order valence-electron chi connectivity index (χ2n) is 5.59. The van der Waals surface area contributed by atoms with Crippen LogP contribution in [-0.2, 0) is 11.2 Å². The molecule has 0 aliphatic carbocycles. The topological polar surface area (TPSA) is 17.1 Å². The molecule has 0 atom stereocenters. The Bertz CT molecular complexity index is 586. The Morgan fingerprint density at radius 2 is 1.81 bits per heavy atom. The van der Waals surface area contributed by atoms with Gasteiger partial charge in [-0.2, -0.15) is 0 Å². The minimum absolute atomic E-state index is 0.253. The van der Waals surface area contributed by atoms with E-state index in [1.165, 1.54) is 22.3 Å². The minimum Gasteiger partial charge on any atom is -0.299 e. The van der Waals surface area contributed by atoms with Gasteiger partial charge >= 0.3 is 0 Å². The summed E-state index contributed by atoms with van der Waals surface area (Å²) < 4.78 is 0. The van der Waals surface area contributed by atoms with Crippen LogP contribution >= 0.6 is 0 Å². The summed E-state index contributed by atoms with van der Waals surface area (Å²) in [6.07, 6.45) is 9.06. The number of benzene rings is 1. The van der Waals surface area contributed by atoms with Crippen LogP contribution in [0.3, 0.4) is 0 Å². The number of Topliss-reactive ketones (excluding diaryl/α,β-unsaturated/α-hetero) is 1. The van der Waals surface area contributed by atoms with Crippen LogP contribution in [0.1, 0.15) is 43.9 Å². The van der Waals surface area contributed by atoms with Crippen molar-refractivity contribution in [2.45, 2.75) is 47.5 Å². The molecule has 0 unspecified atom stereocenters. The monoisotopic (exact) mass is 282 g/mol. The Kier molecular flexibility index (Phi) is 6.87. The van der Waals surface area contributed by atoms with Crippen LogP contribution in [-0.4, -0.2) is 5.78 Å². The van der Waals surface area contributed by atoms with E-state index in [-0.39, 0.29) is 5.78 Å². The largest absolute Gasteiger partial charge is 0.299 e. The van der Waals surface area contributed by atoms with E-state index in [0.717, 1.165) is 5.56 Å². The molecule has 0 radical (unpaired) electrons. The van der Waals surface area contributed by atoms with Gasteiger partial charge in [0.05, 0.1) is 0 Å². The normalized spacial score (nSPS) is 13.0. The number of rotatable bonds is 6. The summed E-state index contributed by atoms with van der Waals surface area (Å²) in [5.74, 6) is 0.253. The summed E-state index contributed by atoms with van der Waals surface area (Å²) in [7, 11) is 0. The molecule has 21 heavy (non-hydrogen) atoms. The highest BCUT2D eigenvalue weighted by atomic mass is 16.1. The molecule has 1 aromatic rings. The lowest BCUT2D eigenvalue weighted by Crippen LogP contribution is -2.01. The third-order valence-electron chi connectivity index (χ3n) is 3.86. The first-order chi connectivity index (χ1) is 9.93. The van der Waals surface area contributed by atoms with Crippen molar-refractivity contribution in [1.29, 1.82) is 0 Å². The van der Waals surface area contributed by atoms with Crippen LogP contribution in [0, 0.1) is 13.8 Å². The van der Waals surface area contributed by atoms with E-state index in [1.807, 2.05) is 25.1 Å². The van der Waals surface area contributed by atoms with Crippen LogP contribution in [0.2, 0.25) is 0 Å². The number of aryl methyl sites for hydroxylation is 2. The van der Waals surface area contributed by atoms with Crippen LogP contribution < -0.4 is 0 Å². The summed E-state index contributed by atoms with van der Waals surface area (Å²) in [4.78, 5) is 12.0. The predicted molar refractivity (Wildman–Crippen MR) is 91.6 cm³/mol. The molecule has 0 spiro atoms. The van der Waals surface area contributed by atoms with Crippen molar-refractivity contribution < 1.29 is 4.79 Å². The highest BCUT2D eigenvalue weighted by Crippen LogP contribution is 2.11. The molecule has 0 saturated heterocycles. The molecule has 0 aliphatic rings. The quantitative estimate of drug-likeness (QED) is 0.649. The summed E-state index contributed by atoms with van der Waals surface area (Å²) in [5.41, 5.74) is 6.12. The maximum Gasteiger partial charge on any atom is 0.141 e.